The standard InChI is InChI=1S/C22H30N4O4/c1-3-4-5-26-18-16(23-12(2)24-18)17(27)15(20(26)29)19(28)25-21-7-13-6-14(8-21)10-22(30,9-13)11-21/h12-14,27,30H,3-11H2,1-2H3,(H,25,28). The summed E-state index contributed by atoms with van der Waals surface area (Å²) in [5.41, 5.74) is -1.63. The molecule has 1 aliphatic heterocycles. The van der Waals surface area contributed by atoms with Crippen molar-refractivity contribution in [3.05, 3.63) is 26.8 Å². The van der Waals surface area contributed by atoms with Crippen molar-refractivity contribution in [3.63, 3.8) is 0 Å². The second-order valence-corrected chi connectivity index (χ2v) is 10.0. The van der Waals surface area contributed by atoms with Gasteiger partial charge in [-0.15, -0.1) is 0 Å². The summed E-state index contributed by atoms with van der Waals surface area (Å²) >= 11 is 0. The maximum Gasteiger partial charge on any atom is 0.268 e. The van der Waals surface area contributed by atoms with Crippen molar-refractivity contribution in [2.75, 3.05) is 0 Å². The maximum atomic E-state index is 13.3. The monoisotopic (exact) mass is 414 g/mol. The summed E-state index contributed by atoms with van der Waals surface area (Å²) in [6, 6.07) is 0. The van der Waals surface area contributed by atoms with E-state index < -0.39 is 28.8 Å². The van der Waals surface area contributed by atoms with Gasteiger partial charge in [-0.25, -0.2) is 4.99 Å². The van der Waals surface area contributed by atoms with Crippen molar-refractivity contribution in [1.29, 1.82) is 0 Å². The Morgan fingerprint density at radius 1 is 1.23 bits per heavy atom. The second kappa shape index (κ2) is 6.64. The number of aromatic nitrogens is 1. The Balaban J connectivity index is 1.54. The van der Waals surface area contributed by atoms with Crippen LogP contribution in [0.25, 0.3) is 0 Å². The van der Waals surface area contributed by atoms with Crippen LogP contribution in [0.5, 0.6) is 5.75 Å². The number of carbonyl (C=O) groups excluding carboxylic acids is 1. The molecule has 8 nitrogen and oxygen atoms in total. The summed E-state index contributed by atoms with van der Waals surface area (Å²) in [5.74, 6) is -0.135. The van der Waals surface area contributed by atoms with Crippen molar-refractivity contribution >= 4 is 5.91 Å². The number of hydrogen-bond acceptors (Lipinski definition) is 6. The van der Waals surface area contributed by atoms with E-state index in [0.717, 1.165) is 44.9 Å². The summed E-state index contributed by atoms with van der Waals surface area (Å²) in [6.07, 6.45) is 6.13. The Bertz CT molecular complexity index is 1080. The van der Waals surface area contributed by atoms with Gasteiger partial charge in [0, 0.05) is 12.1 Å². The number of aliphatic hydroxyl groups is 1. The summed E-state index contributed by atoms with van der Waals surface area (Å²) in [5, 5.41) is 25.1. The van der Waals surface area contributed by atoms with Crippen molar-refractivity contribution in [2.24, 2.45) is 21.8 Å². The van der Waals surface area contributed by atoms with Crippen LogP contribution in [0, 0.1) is 11.8 Å². The number of carbonyl (C=O) groups is 1. The van der Waals surface area contributed by atoms with Gasteiger partial charge < -0.3 is 15.5 Å². The third kappa shape index (κ3) is 2.99. The zero-order valence-corrected chi connectivity index (χ0v) is 17.6. The van der Waals surface area contributed by atoms with Gasteiger partial charge in [0.2, 0.25) is 0 Å². The molecule has 4 aliphatic carbocycles. The van der Waals surface area contributed by atoms with Crippen LogP contribution in [-0.4, -0.2) is 38.0 Å². The number of nitrogens with one attached hydrogen (secondary N) is 1. The molecule has 30 heavy (non-hydrogen) atoms. The Kier molecular flexibility index (Phi) is 4.36. The van der Waals surface area contributed by atoms with Crippen LogP contribution in [0.2, 0.25) is 0 Å². The third-order valence-corrected chi connectivity index (χ3v) is 7.38. The number of hydrogen-bond donors (Lipinski definition) is 3. The zero-order chi connectivity index (χ0) is 21.3. The van der Waals surface area contributed by atoms with E-state index in [1.54, 1.807) is 6.92 Å². The molecule has 6 rings (SSSR count). The highest BCUT2D eigenvalue weighted by Gasteiger charge is 2.57. The van der Waals surface area contributed by atoms with E-state index in [0.29, 0.717) is 30.3 Å². The zero-order valence-electron chi connectivity index (χ0n) is 17.6. The van der Waals surface area contributed by atoms with Gasteiger partial charge in [-0.05, 0) is 63.7 Å². The van der Waals surface area contributed by atoms with Gasteiger partial charge in [-0.1, -0.05) is 13.3 Å². The van der Waals surface area contributed by atoms with E-state index in [-0.39, 0.29) is 16.7 Å². The van der Waals surface area contributed by atoms with E-state index in [9.17, 15) is 19.8 Å². The van der Waals surface area contributed by atoms with Crippen LogP contribution in [0.15, 0.2) is 14.8 Å². The molecule has 5 aliphatic rings. The minimum absolute atomic E-state index is 0.229. The van der Waals surface area contributed by atoms with Crippen LogP contribution >= 0.6 is 0 Å². The van der Waals surface area contributed by atoms with Crippen LogP contribution in [0.4, 0.5) is 0 Å². The van der Waals surface area contributed by atoms with Crippen LogP contribution in [-0.2, 0) is 6.54 Å². The Morgan fingerprint density at radius 2 is 1.93 bits per heavy atom. The minimum Gasteiger partial charge on any atom is -0.505 e. The molecule has 1 aromatic heterocycles. The molecule has 4 fully saturated rings. The fourth-order valence-corrected chi connectivity index (χ4v) is 6.72. The van der Waals surface area contributed by atoms with E-state index >= 15 is 0 Å². The quantitative estimate of drug-likeness (QED) is 0.660. The molecule has 1 aromatic rings. The van der Waals surface area contributed by atoms with Gasteiger partial charge >= 0.3 is 0 Å². The molecule has 8 heteroatoms. The molecular formula is C22H30N4O4. The number of fused-ring (bicyclic) bond motifs is 1. The average Bonchev–Trinajstić information content (AvgIpc) is 3.01. The fourth-order valence-electron chi connectivity index (χ4n) is 6.72. The van der Waals surface area contributed by atoms with Crippen molar-refractivity contribution < 1.29 is 15.0 Å². The summed E-state index contributed by atoms with van der Waals surface area (Å²) in [7, 11) is 0. The molecule has 2 heterocycles. The lowest BCUT2D eigenvalue weighted by molar-refractivity contribution is -0.139. The number of rotatable bonds is 5. The third-order valence-electron chi connectivity index (χ3n) is 7.38. The molecule has 4 saturated carbocycles. The van der Waals surface area contributed by atoms with E-state index in [1.165, 1.54) is 4.57 Å². The molecule has 1 amide bonds. The summed E-state index contributed by atoms with van der Waals surface area (Å²) in [4.78, 5) is 35.3. The summed E-state index contributed by atoms with van der Waals surface area (Å²) < 4.78 is 1.48. The highest BCUT2D eigenvalue weighted by Crippen LogP contribution is 2.57. The van der Waals surface area contributed by atoms with E-state index in [1.807, 2.05) is 6.92 Å². The highest BCUT2D eigenvalue weighted by molar-refractivity contribution is 5.96. The van der Waals surface area contributed by atoms with E-state index in [2.05, 4.69) is 15.3 Å². The normalized spacial score (nSPS) is 35.6. The largest absolute Gasteiger partial charge is 0.505 e. The lowest BCUT2D eigenvalue weighted by Gasteiger charge is -2.60. The lowest BCUT2D eigenvalue weighted by atomic mass is 9.51. The molecule has 0 spiro atoms. The van der Waals surface area contributed by atoms with Crippen LogP contribution < -0.4 is 21.7 Å². The predicted molar refractivity (Wildman–Crippen MR) is 109 cm³/mol. The van der Waals surface area contributed by atoms with E-state index in [4.69, 9.17) is 0 Å². The number of amides is 1. The second-order valence-electron chi connectivity index (χ2n) is 10.0. The molecule has 0 saturated heterocycles. The van der Waals surface area contributed by atoms with Gasteiger partial charge in [0.05, 0.1) is 5.60 Å². The molecule has 0 radical (unpaired) electrons. The molecular weight excluding hydrogens is 384 g/mol. The predicted octanol–water partition coefficient (Wildman–Crippen LogP) is 0.766. The summed E-state index contributed by atoms with van der Waals surface area (Å²) in [6.45, 7) is 4.24. The van der Waals surface area contributed by atoms with Gasteiger partial charge in [-0.3, -0.25) is 19.1 Å². The smallest absolute Gasteiger partial charge is 0.268 e. The average molecular weight is 415 g/mol. The van der Waals surface area contributed by atoms with Gasteiger partial charge in [0.25, 0.3) is 11.5 Å². The highest BCUT2D eigenvalue weighted by atomic mass is 16.3. The molecule has 0 aromatic carbocycles. The molecule has 3 N–H and O–H groups in total. The van der Waals surface area contributed by atoms with Gasteiger partial charge in [0.1, 0.15) is 17.1 Å². The Labute approximate surface area is 174 Å². The first-order valence-corrected chi connectivity index (χ1v) is 11.2. The molecule has 4 bridgehead atoms. The Hall–Kier alpha value is -2.22. The molecule has 162 valence electrons. The number of nitrogens with zero attached hydrogens (tertiary/aromatic N) is 3. The topological polar surface area (TPSA) is 116 Å². The number of pyridine rings is 1. The van der Waals surface area contributed by atoms with Crippen LogP contribution in [0.3, 0.4) is 0 Å². The first-order valence-electron chi connectivity index (χ1n) is 11.2. The maximum absolute atomic E-state index is 13.3. The van der Waals surface area contributed by atoms with Gasteiger partial charge in [-0.2, -0.15) is 0 Å². The first kappa shape index (κ1) is 19.7. The minimum atomic E-state index is -0.720. The fraction of sp³-hybridized carbons (Fsp3) is 0.727. The lowest BCUT2D eigenvalue weighted by Crippen LogP contribution is -2.65. The van der Waals surface area contributed by atoms with Crippen molar-refractivity contribution in [3.8, 4) is 5.75 Å². The Morgan fingerprint density at radius 3 is 2.57 bits per heavy atom. The van der Waals surface area contributed by atoms with Crippen LogP contribution in [0.1, 0.15) is 75.6 Å². The first-order chi connectivity index (χ1) is 14.2. The SMILES string of the molecule is CCCCn1c(=O)c(C(=O)NC23CC4CC(CC(O)(C4)C2)C3)c(O)c2c1=NC(C)N=2. The molecule has 3 unspecified atom stereocenters. The number of aromatic hydroxyl groups is 1. The number of unbranched alkanes of at least 4 members (excludes halogenated alkanes) is 1. The van der Waals surface area contributed by atoms with Crippen molar-refractivity contribution in [2.45, 2.75) is 89.1 Å². The van der Waals surface area contributed by atoms with Gasteiger partial charge in [0.15, 0.2) is 11.2 Å². The van der Waals surface area contributed by atoms with Crippen molar-refractivity contribution in [1.82, 2.24) is 9.88 Å². The molecule has 3 atom stereocenters.